The van der Waals surface area contributed by atoms with Crippen LogP contribution in [0.2, 0.25) is 5.02 Å². The Hall–Kier alpha value is -1.72. The third-order valence-electron chi connectivity index (χ3n) is 3.07. The zero-order chi connectivity index (χ0) is 15.2. The predicted molar refractivity (Wildman–Crippen MR) is 83.2 cm³/mol. The third kappa shape index (κ3) is 4.12. The highest BCUT2D eigenvalue weighted by Gasteiger charge is 2.12. The van der Waals surface area contributed by atoms with Gasteiger partial charge in [-0.1, -0.05) is 11.6 Å². The molecule has 2 rings (SSSR count). The Labute approximate surface area is 129 Å². The van der Waals surface area contributed by atoms with E-state index in [1.807, 2.05) is 38.6 Å². The fraction of sp³-hybridized carbons (Fsp3) is 0.400. The van der Waals surface area contributed by atoms with Crippen LogP contribution in [0.15, 0.2) is 24.5 Å². The smallest absolute Gasteiger partial charge is 0.179 e. The number of ether oxygens (including phenoxy) is 2. The standard InChI is InChI=1S/C15H20ClN3O2/c1-17-8-12-6-13(16)15(14(7-12)20-3)21-5-4-11-9-18-19(2)10-11/h6-7,9-10,17H,4-5,8H2,1-3H3. The number of nitrogens with zero attached hydrogens (tertiary/aromatic N) is 2. The first-order chi connectivity index (χ1) is 10.1. The minimum Gasteiger partial charge on any atom is -0.493 e. The maximum atomic E-state index is 6.29. The molecule has 5 nitrogen and oxygen atoms in total. The van der Waals surface area contributed by atoms with Crippen molar-refractivity contribution in [3.05, 3.63) is 40.7 Å². The van der Waals surface area contributed by atoms with Crippen molar-refractivity contribution < 1.29 is 9.47 Å². The van der Waals surface area contributed by atoms with Crippen molar-refractivity contribution in [1.82, 2.24) is 15.1 Å². The number of hydrogen-bond donors (Lipinski definition) is 1. The molecule has 0 amide bonds. The first-order valence-electron chi connectivity index (χ1n) is 6.75. The first-order valence-corrected chi connectivity index (χ1v) is 7.13. The second-order valence-corrected chi connectivity index (χ2v) is 5.17. The van der Waals surface area contributed by atoms with Crippen LogP contribution in [-0.4, -0.2) is 30.5 Å². The molecule has 0 saturated carbocycles. The van der Waals surface area contributed by atoms with Gasteiger partial charge in [-0.3, -0.25) is 4.68 Å². The Balaban J connectivity index is 2.04. The Morgan fingerprint density at radius 3 is 2.76 bits per heavy atom. The summed E-state index contributed by atoms with van der Waals surface area (Å²) in [5.74, 6) is 1.24. The van der Waals surface area contributed by atoms with Gasteiger partial charge in [-0.2, -0.15) is 5.10 Å². The Morgan fingerprint density at radius 2 is 2.14 bits per heavy atom. The van der Waals surface area contributed by atoms with Crippen LogP contribution in [0.4, 0.5) is 0 Å². The summed E-state index contributed by atoms with van der Waals surface area (Å²) in [6.45, 7) is 1.25. The fourth-order valence-electron chi connectivity index (χ4n) is 2.09. The van der Waals surface area contributed by atoms with E-state index in [4.69, 9.17) is 21.1 Å². The number of rotatable bonds is 7. The molecule has 0 aliphatic rings. The van der Waals surface area contributed by atoms with Crippen molar-refractivity contribution in [2.75, 3.05) is 20.8 Å². The van der Waals surface area contributed by atoms with Crippen molar-refractivity contribution >= 4 is 11.6 Å². The molecule has 0 fully saturated rings. The molecule has 1 aromatic carbocycles. The zero-order valence-electron chi connectivity index (χ0n) is 12.5. The maximum Gasteiger partial charge on any atom is 0.179 e. The second-order valence-electron chi connectivity index (χ2n) is 4.76. The molecule has 114 valence electrons. The van der Waals surface area contributed by atoms with Gasteiger partial charge >= 0.3 is 0 Å². The molecule has 0 atom stereocenters. The van der Waals surface area contributed by atoms with Crippen LogP contribution >= 0.6 is 11.6 Å². The van der Waals surface area contributed by atoms with Crippen LogP contribution in [0.25, 0.3) is 0 Å². The lowest BCUT2D eigenvalue weighted by molar-refractivity contribution is 0.297. The minimum atomic E-state index is 0.521. The summed E-state index contributed by atoms with van der Waals surface area (Å²) in [5, 5.41) is 7.77. The van der Waals surface area contributed by atoms with E-state index in [1.54, 1.807) is 11.8 Å². The highest BCUT2D eigenvalue weighted by molar-refractivity contribution is 6.32. The lowest BCUT2D eigenvalue weighted by Gasteiger charge is -2.14. The number of benzene rings is 1. The van der Waals surface area contributed by atoms with Gasteiger partial charge in [0, 0.05) is 26.2 Å². The molecular formula is C15H20ClN3O2. The topological polar surface area (TPSA) is 48.3 Å². The van der Waals surface area contributed by atoms with E-state index in [9.17, 15) is 0 Å². The van der Waals surface area contributed by atoms with Crippen LogP contribution in [0.3, 0.4) is 0 Å². The van der Waals surface area contributed by atoms with E-state index >= 15 is 0 Å². The Bertz CT molecular complexity index is 599. The van der Waals surface area contributed by atoms with E-state index in [2.05, 4.69) is 10.4 Å². The van der Waals surface area contributed by atoms with E-state index < -0.39 is 0 Å². The molecule has 0 aliphatic carbocycles. The number of methoxy groups -OCH3 is 1. The molecular weight excluding hydrogens is 290 g/mol. The van der Waals surface area contributed by atoms with Gasteiger partial charge in [-0.05, 0) is 30.3 Å². The monoisotopic (exact) mass is 309 g/mol. The van der Waals surface area contributed by atoms with Crippen molar-refractivity contribution in [2.45, 2.75) is 13.0 Å². The van der Waals surface area contributed by atoms with Crippen molar-refractivity contribution in [3.63, 3.8) is 0 Å². The summed E-state index contributed by atoms with van der Waals surface area (Å²) in [6, 6.07) is 3.82. The fourth-order valence-corrected chi connectivity index (χ4v) is 2.38. The third-order valence-corrected chi connectivity index (χ3v) is 3.35. The molecule has 21 heavy (non-hydrogen) atoms. The number of hydrogen-bond acceptors (Lipinski definition) is 4. The van der Waals surface area contributed by atoms with Crippen molar-refractivity contribution in [3.8, 4) is 11.5 Å². The van der Waals surface area contributed by atoms with Crippen molar-refractivity contribution in [1.29, 1.82) is 0 Å². The maximum absolute atomic E-state index is 6.29. The van der Waals surface area contributed by atoms with E-state index in [1.165, 1.54) is 0 Å². The summed E-state index contributed by atoms with van der Waals surface area (Å²) in [6.07, 6.45) is 4.57. The average Bonchev–Trinajstić information content (AvgIpc) is 2.86. The van der Waals surface area contributed by atoms with Gasteiger partial charge in [-0.25, -0.2) is 0 Å². The highest BCUT2D eigenvalue weighted by Crippen LogP contribution is 2.36. The largest absolute Gasteiger partial charge is 0.493 e. The molecule has 1 heterocycles. The van der Waals surface area contributed by atoms with Crippen LogP contribution in [0, 0.1) is 0 Å². The van der Waals surface area contributed by atoms with Gasteiger partial charge in [0.15, 0.2) is 11.5 Å². The molecule has 1 aromatic heterocycles. The van der Waals surface area contributed by atoms with Gasteiger partial charge in [0.2, 0.25) is 0 Å². The van der Waals surface area contributed by atoms with Crippen LogP contribution in [-0.2, 0) is 20.0 Å². The first kappa shape index (κ1) is 15.7. The second kappa shape index (κ2) is 7.33. The van der Waals surface area contributed by atoms with Gasteiger partial charge in [0.05, 0.1) is 24.9 Å². The molecule has 6 heteroatoms. The van der Waals surface area contributed by atoms with E-state index in [0.717, 1.165) is 24.1 Å². The predicted octanol–water partition coefficient (Wildman–Crippen LogP) is 2.42. The number of nitrogens with one attached hydrogen (secondary N) is 1. The summed E-state index contributed by atoms with van der Waals surface area (Å²) in [5.41, 5.74) is 2.18. The lowest BCUT2D eigenvalue weighted by Crippen LogP contribution is -2.07. The van der Waals surface area contributed by atoms with Gasteiger partial charge in [0.1, 0.15) is 0 Å². The SMILES string of the molecule is CNCc1cc(Cl)c(OCCc2cnn(C)c2)c(OC)c1. The average molecular weight is 310 g/mol. The molecule has 0 aliphatic heterocycles. The molecule has 0 spiro atoms. The zero-order valence-corrected chi connectivity index (χ0v) is 13.3. The van der Waals surface area contributed by atoms with Crippen LogP contribution < -0.4 is 14.8 Å². The summed E-state index contributed by atoms with van der Waals surface area (Å²) in [4.78, 5) is 0. The molecule has 2 aromatic rings. The summed E-state index contributed by atoms with van der Waals surface area (Å²) < 4.78 is 12.9. The Morgan fingerprint density at radius 1 is 1.33 bits per heavy atom. The number of aryl methyl sites for hydroxylation is 1. The normalized spacial score (nSPS) is 10.7. The molecule has 0 bridgehead atoms. The molecule has 1 N–H and O–H groups in total. The van der Waals surface area contributed by atoms with Gasteiger partial charge in [0.25, 0.3) is 0 Å². The summed E-state index contributed by atoms with van der Waals surface area (Å²) in [7, 11) is 5.40. The lowest BCUT2D eigenvalue weighted by atomic mass is 10.2. The summed E-state index contributed by atoms with van der Waals surface area (Å²) >= 11 is 6.29. The Kier molecular flexibility index (Phi) is 5.47. The van der Waals surface area contributed by atoms with Gasteiger partial charge < -0.3 is 14.8 Å². The molecule has 0 unspecified atom stereocenters. The van der Waals surface area contributed by atoms with Crippen LogP contribution in [0.1, 0.15) is 11.1 Å². The van der Waals surface area contributed by atoms with Gasteiger partial charge in [-0.15, -0.1) is 0 Å². The van der Waals surface area contributed by atoms with E-state index in [0.29, 0.717) is 23.1 Å². The number of halogens is 1. The molecule has 0 saturated heterocycles. The molecule has 0 radical (unpaired) electrons. The van der Waals surface area contributed by atoms with Crippen LogP contribution in [0.5, 0.6) is 11.5 Å². The van der Waals surface area contributed by atoms with E-state index in [-0.39, 0.29) is 0 Å². The minimum absolute atomic E-state index is 0.521. The number of aromatic nitrogens is 2. The van der Waals surface area contributed by atoms with Crippen molar-refractivity contribution in [2.24, 2.45) is 7.05 Å². The quantitative estimate of drug-likeness (QED) is 0.853. The highest BCUT2D eigenvalue weighted by atomic mass is 35.5.